The fourth-order valence-electron chi connectivity index (χ4n) is 3.04. The summed E-state index contributed by atoms with van der Waals surface area (Å²) in [4.78, 5) is 24.4. The molecule has 1 N–H and O–H groups in total. The van der Waals surface area contributed by atoms with E-state index >= 15 is 0 Å². The highest BCUT2D eigenvalue weighted by molar-refractivity contribution is 5.80. The molecule has 6 heteroatoms. The van der Waals surface area contributed by atoms with E-state index in [1.165, 1.54) is 4.57 Å². The van der Waals surface area contributed by atoms with Crippen molar-refractivity contribution in [3.8, 4) is 5.75 Å². The smallest absolute Gasteiger partial charge is 0.420 e. The van der Waals surface area contributed by atoms with Gasteiger partial charge in [0.25, 0.3) is 0 Å². The Morgan fingerprint density at radius 3 is 2.81 bits per heavy atom. The maximum absolute atomic E-state index is 12.4. The van der Waals surface area contributed by atoms with E-state index in [2.05, 4.69) is 5.32 Å². The van der Waals surface area contributed by atoms with Crippen LogP contribution in [0.1, 0.15) is 18.1 Å². The number of nitrogens with zero attached hydrogens (tertiary/aromatic N) is 1. The molecule has 0 spiro atoms. The van der Waals surface area contributed by atoms with Crippen LogP contribution < -0.4 is 15.8 Å². The lowest BCUT2D eigenvalue weighted by Crippen LogP contribution is -2.37. The van der Waals surface area contributed by atoms with Gasteiger partial charge >= 0.3 is 5.76 Å². The summed E-state index contributed by atoms with van der Waals surface area (Å²) < 4.78 is 11.9. The SMILES string of the molecule is COc1ccccc1C[C@@H](C)NC(=O)Cn1c(=O)oc2ccc(C)cc21. The molecule has 1 atom stereocenters. The molecule has 0 aliphatic rings. The molecule has 1 aromatic heterocycles. The lowest BCUT2D eigenvalue weighted by atomic mass is 10.1. The maximum Gasteiger partial charge on any atom is 0.420 e. The van der Waals surface area contributed by atoms with Crippen LogP contribution in [-0.4, -0.2) is 23.6 Å². The number of methoxy groups -OCH3 is 1. The number of para-hydroxylation sites is 1. The quantitative estimate of drug-likeness (QED) is 0.739. The van der Waals surface area contributed by atoms with Crippen LogP contribution in [0.4, 0.5) is 0 Å². The summed E-state index contributed by atoms with van der Waals surface area (Å²) in [7, 11) is 1.63. The molecule has 136 valence electrons. The fourth-order valence-corrected chi connectivity index (χ4v) is 3.04. The van der Waals surface area contributed by atoms with E-state index in [1.54, 1.807) is 13.2 Å². The number of nitrogens with one attached hydrogen (secondary N) is 1. The minimum atomic E-state index is -0.530. The highest BCUT2D eigenvalue weighted by atomic mass is 16.5. The Morgan fingerprint density at radius 1 is 1.27 bits per heavy atom. The lowest BCUT2D eigenvalue weighted by Gasteiger charge is -2.16. The van der Waals surface area contributed by atoms with Gasteiger partial charge in [-0.1, -0.05) is 24.3 Å². The van der Waals surface area contributed by atoms with Crippen molar-refractivity contribution in [3.05, 3.63) is 64.1 Å². The van der Waals surface area contributed by atoms with Gasteiger partial charge in [-0.3, -0.25) is 9.36 Å². The third-order valence-corrected chi connectivity index (χ3v) is 4.25. The molecule has 2 aromatic carbocycles. The highest BCUT2D eigenvalue weighted by Gasteiger charge is 2.15. The third-order valence-electron chi connectivity index (χ3n) is 4.25. The number of carbonyl (C=O) groups excluding carboxylic acids is 1. The standard InChI is InChI=1S/C20H22N2O4/c1-13-8-9-18-16(10-13)22(20(24)26-18)12-19(23)21-14(2)11-15-6-4-5-7-17(15)25-3/h4-10,14H,11-12H2,1-3H3,(H,21,23)/t14-/m1/s1. The molecule has 3 rings (SSSR count). The van der Waals surface area contributed by atoms with E-state index < -0.39 is 5.76 Å². The summed E-state index contributed by atoms with van der Waals surface area (Å²) in [6.07, 6.45) is 0.635. The summed E-state index contributed by atoms with van der Waals surface area (Å²) in [6, 6.07) is 13.0. The summed E-state index contributed by atoms with van der Waals surface area (Å²) in [5.41, 5.74) is 3.12. The molecule has 0 saturated carbocycles. The second-order valence-corrected chi connectivity index (χ2v) is 6.41. The number of oxazole rings is 1. The molecule has 1 amide bonds. The second kappa shape index (κ2) is 7.47. The average molecular weight is 354 g/mol. The van der Waals surface area contributed by atoms with Crippen molar-refractivity contribution < 1.29 is 13.9 Å². The largest absolute Gasteiger partial charge is 0.496 e. The number of rotatable bonds is 6. The zero-order valence-electron chi connectivity index (χ0n) is 15.1. The number of carbonyl (C=O) groups is 1. The number of aryl methyl sites for hydroxylation is 1. The molecule has 26 heavy (non-hydrogen) atoms. The van der Waals surface area contributed by atoms with Crippen molar-refractivity contribution in [3.63, 3.8) is 0 Å². The number of fused-ring (bicyclic) bond motifs is 1. The van der Waals surface area contributed by atoms with Gasteiger partial charge in [-0.15, -0.1) is 0 Å². The zero-order chi connectivity index (χ0) is 18.7. The molecule has 0 aliphatic heterocycles. The molecule has 3 aromatic rings. The van der Waals surface area contributed by atoms with Crippen LogP contribution in [0.3, 0.4) is 0 Å². The predicted molar refractivity (Wildman–Crippen MR) is 99.5 cm³/mol. The minimum Gasteiger partial charge on any atom is -0.496 e. The molecule has 1 heterocycles. The Labute approximate surface area is 151 Å². The normalized spacial score (nSPS) is 12.1. The van der Waals surface area contributed by atoms with E-state index in [0.717, 1.165) is 16.9 Å². The van der Waals surface area contributed by atoms with Crippen molar-refractivity contribution in [1.29, 1.82) is 0 Å². The van der Waals surface area contributed by atoms with Crippen LogP contribution in [0.5, 0.6) is 5.75 Å². The molecular formula is C20H22N2O4. The summed E-state index contributed by atoms with van der Waals surface area (Å²) in [5, 5.41) is 2.93. The zero-order valence-corrected chi connectivity index (χ0v) is 15.1. The molecule has 0 bridgehead atoms. The van der Waals surface area contributed by atoms with E-state index in [9.17, 15) is 9.59 Å². The van der Waals surface area contributed by atoms with Crippen LogP contribution in [0.15, 0.2) is 51.7 Å². The van der Waals surface area contributed by atoms with Crippen LogP contribution in [0.25, 0.3) is 11.1 Å². The molecule has 0 unspecified atom stereocenters. The van der Waals surface area contributed by atoms with Gasteiger partial charge in [0.15, 0.2) is 5.58 Å². The Balaban J connectivity index is 1.70. The van der Waals surface area contributed by atoms with Gasteiger partial charge in [-0.25, -0.2) is 4.79 Å². The number of hydrogen-bond acceptors (Lipinski definition) is 4. The highest BCUT2D eigenvalue weighted by Crippen LogP contribution is 2.19. The van der Waals surface area contributed by atoms with Crippen molar-refractivity contribution >= 4 is 17.0 Å². The van der Waals surface area contributed by atoms with Crippen molar-refractivity contribution in [2.24, 2.45) is 0 Å². The van der Waals surface area contributed by atoms with Crippen LogP contribution in [0.2, 0.25) is 0 Å². The van der Waals surface area contributed by atoms with Crippen molar-refractivity contribution in [1.82, 2.24) is 9.88 Å². The van der Waals surface area contributed by atoms with Gasteiger partial charge in [0.1, 0.15) is 12.3 Å². The summed E-state index contributed by atoms with van der Waals surface area (Å²) in [5.74, 6) is 0.0259. The minimum absolute atomic E-state index is 0.0778. The monoisotopic (exact) mass is 354 g/mol. The van der Waals surface area contributed by atoms with Gasteiger partial charge in [-0.05, 0) is 49.6 Å². The Morgan fingerprint density at radius 2 is 2.04 bits per heavy atom. The first kappa shape index (κ1) is 17.8. The van der Waals surface area contributed by atoms with Gasteiger partial charge in [0, 0.05) is 6.04 Å². The Kier molecular flexibility index (Phi) is 5.11. The molecule has 6 nitrogen and oxygen atoms in total. The van der Waals surface area contributed by atoms with Gasteiger partial charge in [0.05, 0.1) is 12.6 Å². The molecular weight excluding hydrogens is 332 g/mol. The maximum atomic E-state index is 12.4. The third kappa shape index (κ3) is 3.79. The van der Waals surface area contributed by atoms with Gasteiger partial charge < -0.3 is 14.5 Å². The van der Waals surface area contributed by atoms with E-state index in [-0.39, 0.29) is 18.5 Å². The van der Waals surface area contributed by atoms with Crippen LogP contribution in [-0.2, 0) is 17.8 Å². The lowest BCUT2D eigenvalue weighted by molar-refractivity contribution is -0.122. The Bertz CT molecular complexity index is 987. The first-order valence-corrected chi connectivity index (χ1v) is 8.49. The summed E-state index contributed by atoms with van der Waals surface area (Å²) in [6.45, 7) is 3.77. The molecule has 0 saturated heterocycles. The van der Waals surface area contributed by atoms with E-state index in [1.807, 2.05) is 50.2 Å². The van der Waals surface area contributed by atoms with Crippen LogP contribution >= 0.6 is 0 Å². The number of amides is 1. The van der Waals surface area contributed by atoms with Gasteiger partial charge in [0.2, 0.25) is 5.91 Å². The number of hydrogen-bond donors (Lipinski definition) is 1. The number of ether oxygens (including phenoxy) is 1. The first-order valence-electron chi connectivity index (χ1n) is 8.49. The molecule has 0 aliphatic carbocycles. The first-order chi connectivity index (χ1) is 12.5. The van der Waals surface area contributed by atoms with Crippen molar-refractivity contribution in [2.75, 3.05) is 7.11 Å². The second-order valence-electron chi connectivity index (χ2n) is 6.41. The van der Waals surface area contributed by atoms with Crippen molar-refractivity contribution in [2.45, 2.75) is 32.9 Å². The number of aromatic nitrogens is 1. The Hall–Kier alpha value is -3.02. The summed E-state index contributed by atoms with van der Waals surface area (Å²) >= 11 is 0. The van der Waals surface area contributed by atoms with E-state index in [4.69, 9.17) is 9.15 Å². The average Bonchev–Trinajstić information content (AvgIpc) is 2.90. The number of benzene rings is 2. The van der Waals surface area contributed by atoms with E-state index in [0.29, 0.717) is 17.5 Å². The molecule has 0 fully saturated rings. The van der Waals surface area contributed by atoms with Crippen LogP contribution in [0, 0.1) is 6.92 Å². The fraction of sp³-hybridized carbons (Fsp3) is 0.300. The molecule has 0 radical (unpaired) electrons. The van der Waals surface area contributed by atoms with Gasteiger partial charge in [-0.2, -0.15) is 0 Å². The topological polar surface area (TPSA) is 73.5 Å². The predicted octanol–water partition coefficient (Wildman–Crippen LogP) is 2.66.